The molecule has 16 heavy (non-hydrogen) atoms. The van der Waals surface area contributed by atoms with Crippen molar-refractivity contribution in [3.8, 4) is 0 Å². The van der Waals surface area contributed by atoms with Crippen molar-refractivity contribution in [1.82, 2.24) is 0 Å². The molecule has 0 spiro atoms. The molecule has 0 aromatic heterocycles. The van der Waals surface area contributed by atoms with Crippen molar-refractivity contribution in [2.45, 2.75) is 45.1 Å². The van der Waals surface area contributed by atoms with Crippen LogP contribution in [0.4, 0.5) is 0 Å². The summed E-state index contributed by atoms with van der Waals surface area (Å²) in [6.07, 6.45) is 4.67. The first kappa shape index (κ1) is 13.5. The van der Waals surface area contributed by atoms with E-state index in [0.717, 1.165) is 38.7 Å². The van der Waals surface area contributed by atoms with Gasteiger partial charge in [-0.25, -0.2) is 0 Å². The van der Waals surface area contributed by atoms with Gasteiger partial charge in [0.25, 0.3) is 0 Å². The highest BCUT2D eigenvalue weighted by Crippen LogP contribution is 2.28. The standard InChI is InChI=1S/C12H22O4/c1-2-3-7-15-8-9-16-11-6-4-5-10(11)12(13)14/h10-11H,2-9H2,1H3,(H,13,14). The average molecular weight is 230 g/mol. The largest absolute Gasteiger partial charge is 0.481 e. The summed E-state index contributed by atoms with van der Waals surface area (Å²) in [5, 5.41) is 8.95. The molecular weight excluding hydrogens is 208 g/mol. The molecule has 2 unspecified atom stereocenters. The molecule has 1 aliphatic rings. The number of carbonyl (C=O) groups is 1. The minimum Gasteiger partial charge on any atom is -0.481 e. The van der Waals surface area contributed by atoms with Gasteiger partial charge >= 0.3 is 5.97 Å². The molecule has 1 fully saturated rings. The highest BCUT2D eigenvalue weighted by atomic mass is 16.5. The van der Waals surface area contributed by atoms with Crippen LogP contribution >= 0.6 is 0 Å². The third-order valence-corrected chi connectivity index (χ3v) is 2.97. The number of hydrogen-bond acceptors (Lipinski definition) is 3. The maximum absolute atomic E-state index is 10.9. The number of carboxylic acid groups (broad SMARTS) is 1. The maximum atomic E-state index is 10.9. The lowest BCUT2D eigenvalue weighted by Crippen LogP contribution is -2.26. The number of unbranched alkanes of at least 4 members (excludes halogenated alkanes) is 1. The molecule has 4 heteroatoms. The molecule has 0 aromatic carbocycles. The summed E-state index contributed by atoms with van der Waals surface area (Å²) < 4.78 is 10.9. The van der Waals surface area contributed by atoms with E-state index >= 15 is 0 Å². The molecule has 0 heterocycles. The van der Waals surface area contributed by atoms with Gasteiger partial charge in [0.2, 0.25) is 0 Å². The molecule has 94 valence electrons. The van der Waals surface area contributed by atoms with Crippen LogP contribution in [0.2, 0.25) is 0 Å². The van der Waals surface area contributed by atoms with Crippen LogP contribution < -0.4 is 0 Å². The molecule has 0 amide bonds. The summed E-state index contributed by atoms with van der Waals surface area (Å²) in [5.74, 6) is -1.04. The molecule has 2 atom stereocenters. The second kappa shape index (κ2) is 7.63. The third-order valence-electron chi connectivity index (χ3n) is 2.97. The first-order valence-corrected chi connectivity index (χ1v) is 6.18. The summed E-state index contributed by atoms with van der Waals surface area (Å²) in [6.45, 7) is 3.98. The van der Waals surface area contributed by atoms with Crippen molar-refractivity contribution in [3.05, 3.63) is 0 Å². The summed E-state index contributed by atoms with van der Waals surface area (Å²) >= 11 is 0. The van der Waals surface area contributed by atoms with Gasteiger partial charge in [0.05, 0.1) is 25.2 Å². The van der Waals surface area contributed by atoms with E-state index in [1.807, 2.05) is 0 Å². The van der Waals surface area contributed by atoms with Crippen LogP contribution in [-0.2, 0) is 14.3 Å². The number of aliphatic carboxylic acids is 1. The zero-order valence-corrected chi connectivity index (χ0v) is 9.98. The van der Waals surface area contributed by atoms with E-state index in [0.29, 0.717) is 13.2 Å². The van der Waals surface area contributed by atoms with Crippen LogP contribution in [0.1, 0.15) is 39.0 Å². The van der Waals surface area contributed by atoms with Crippen molar-refractivity contribution in [1.29, 1.82) is 0 Å². The Bertz CT molecular complexity index is 205. The first-order valence-electron chi connectivity index (χ1n) is 6.18. The molecule has 1 saturated carbocycles. The van der Waals surface area contributed by atoms with E-state index in [1.54, 1.807) is 0 Å². The third kappa shape index (κ3) is 4.49. The second-order valence-corrected chi connectivity index (χ2v) is 4.25. The summed E-state index contributed by atoms with van der Waals surface area (Å²) in [4.78, 5) is 10.9. The van der Waals surface area contributed by atoms with Crippen molar-refractivity contribution in [2.24, 2.45) is 5.92 Å². The monoisotopic (exact) mass is 230 g/mol. The number of carboxylic acids is 1. The van der Waals surface area contributed by atoms with Gasteiger partial charge in [-0.3, -0.25) is 4.79 Å². The molecule has 0 saturated heterocycles. The first-order chi connectivity index (χ1) is 7.75. The second-order valence-electron chi connectivity index (χ2n) is 4.25. The molecule has 1 N–H and O–H groups in total. The van der Waals surface area contributed by atoms with E-state index in [4.69, 9.17) is 14.6 Å². The Morgan fingerprint density at radius 2 is 2.12 bits per heavy atom. The SMILES string of the molecule is CCCCOCCOC1CCCC1C(=O)O. The highest BCUT2D eigenvalue weighted by Gasteiger charge is 2.33. The maximum Gasteiger partial charge on any atom is 0.309 e. The minimum atomic E-state index is -0.727. The predicted molar refractivity (Wildman–Crippen MR) is 60.4 cm³/mol. The number of rotatable bonds is 8. The van der Waals surface area contributed by atoms with Crippen molar-refractivity contribution in [2.75, 3.05) is 19.8 Å². The van der Waals surface area contributed by atoms with Crippen LogP contribution in [0, 0.1) is 5.92 Å². The van der Waals surface area contributed by atoms with E-state index in [-0.39, 0.29) is 12.0 Å². The van der Waals surface area contributed by atoms with Gasteiger partial charge in [-0.05, 0) is 25.7 Å². The van der Waals surface area contributed by atoms with Crippen molar-refractivity contribution < 1.29 is 19.4 Å². The van der Waals surface area contributed by atoms with E-state index in [1.165, 1.54) is 0 Å². The topological polar surface area (TPSA) is 55.8 Å². The van der Waals surface area contributed by atoms with E-state index in [9.17, 15) is 4.79 Å². The molecule has 0 aromatic rings. The molecule has 1 aliphatic carbocycles. The van der Waals surface area contributed by atoms with Gasteiger partial charge in [-0.2, -0.15) is 0 Å². The average Bonchev–Trinajstić information content (AvgIpc) is 2.71. The van der Waals surface area contributed by atoms with Gasteiger partial charge in [0.15, 0.2) is 0 Å². The number of ether oxygens (including phenoxy) is 2. The molecule has 4 nitrogen and oxygen atoms in total. The predicted octanol–water partition coefficient (Wildman–Crippen LogP) is 2.07. The summed E-state index contributed by atoms with van der Waals surface area (Å²) in [7, 11) is 0. The Balaban J connectivity index is 2.05. The molecule has 1 rings (SSSR count). The Morgan fingerprint density at radius 1 is 1.31 bits per heavy atom. The van der Waals surface area contributed by atoms with Crippen molar-refractivity contribution in [3.63, 3.8) is 0 Å². The van der Waals surface area contributed by atoms with E-state index in [2.05, 4.69) is 6.92 Å². The van der Waals surface area contributed by atoms with Gasteiger partial charge in [-0.1, -0.05) is 13.3 Å². The lowest BCUT2D eigenvalue weighted by molar-refractivity contribution is -0.146. The Kier molecular flexibility index (Phi) is 6.42. The Morgan fingerprint density at radius 3 is 2.81 bits per heavy atom. The summed E-state index contributed by atoms with van der Waals surface area (Å²) in [5.41, 5.74) is 0. The van der Waals surface area contributed by atoms with Crippen LogP contribution in [0.25, 0.3) is 0 Å². The van der Waals surface area contributed by atoms with Crippen LogP contribution in [-0.4, -0.2) is 37.0 Å². The lowest BCUT2D eigenvalue weighted by atomic mass is 10.1. The summed E-state index contributed by atoms with van der Waals surface area (Å²) in [6, 6.07) is 0. The smallest absolute Gasteiger partial charge is 0.309 e. The molecule has 0 aliphatic heterocycles. The van der Waals surface area contributed by atoms with E-state index < -0.39 is 5.97 Å². The number of hydrogen-bond donors (Lipinski definition) is 1. The Hall–Kier alpha value is -0.610. The zero-order valence-electron chi connectivity index (χ0n) is 9.98. The molecular formula is C12H22O4. The minimum absolute atomic E-state index is 0.104. The fourth-order valence-electron chi connectivity index (χ4n) is 2.01. The van der Waals surface area contributed by atoms with Gasteiger partial charge in [0, 0.05) is 6.61 Å². The van der Waals surface area contributed by atoms with Gasteiger partial charge in [0.1, 0.15) is 0 Å². The van der Waals surface area contributed by atoms with Crippen LogP contribution in [0.3, 0.4) is 0 Å². The molecule has 0 bridgehead atoms. The molecule has 0 radical (unpaired) electrons. The normalized spacial score (nSPS) is 24.8. The zero-order chi connectivity index (χ0) is 11.8. The quantitative estimate of drug-likeness (QED) is 0.648. The fraction of sp³-hybridized carbons (Fsp3) is 0.917. The lowest BCUT2D eigenvalue weighted by Gasteiger charge is -2.16. The highest BCUT2D eigenvalue weighted by molar-refractivity contribution is 5.71. The van der Waals surface area contributed by atoms with Gasteiger partial charge in [-0.15, -0.1) is 0 Å². The fourth-order valence-corrected chi connectivity index (χ4v) is 2.01. The van der Waals surface area contributed by atoms with Crippen molar-refractivity contribution >= 4 is 5.97 Å². The van der Waals surface area contributed by atoms with Crippen LogP contribution in [0.15, 0.2) is 0 Å². The Labute approximate surface area is 96.9 Å². The van der Waals surface area contributed by atoms with Gasteiger partial charge < -0.3 is 14.6 Å². The van der Waals surface area contributed by atoms with Crippen LogP contribution in [0.5, 0.6) is 0 Å².